The topological polar surface area (TPSA) is 87.5 Å². The van der Waals surface area contributed by atoms with E-state index in [1.54, 1.807) is 43.3 Å². The van der Waals surface area contributed by atoms with Crippen LogP contribution in [0.3, 0.4) is 0 Å². The fraction of sp³-hybridized carbons (Fsp3) is 0.200. The summed E-state index contributed by atoms with van der Waals surface area (Å²) in [6, 6.07) is 6.55. The van der Waals surface area contributed by atoms with Crippen LogP contribution in [0.4, 0.5) is 5.82 Å². The van der Waals surface area contributed by atoms with Gasteiger partial charge in [-0.3, -0.25) is 9.69 Å². The molecule has 0 fully saturated rings. The molecule has 0 saturated heterocycles. The highest BCUT2D eigenvalue weighted by Gasteiger charge is 2.26. The lowest BCUT2D eigenvalue weighted by Gasteiger charge is -2.22. The maximum absolute atomic E-state index is 12.5. The predicted molar refractivity (Wildman–Crippen MR) is 94.4 cm³/mol. The SMILES string of the molecule is [CH2]C(N(C)C)n1nc(C(=O)O)c(Br)c1NC(=O)c1ccccc1Cl. The molecule has 9 heteroatoms. The monoisotopic (exact) mass is 413 g/mol. The molecular formula is C15H15BrClN4O3. The molecule has 1 radical (unpaired) electrons. The molecule has 0 aliphatic heterocycles. The number of carboxylic acids is 1. The first kappa shape index (κ1) is 18.4. The van der Waals surface area contributed by atoms with Crippen molar-refractivity contribution in [2.75, 3.05) is 19.4 Å². The number of rotatable bonds is 5. The Morgan fingerprint density at radius 3 is 2.58 bits per heavy atom. The Bertz CT molecular complexity index is 791. The summed E-state index contributed by atoms with van der Waals surface area (Å²) in [4.78, 5) is 25.5. The van der Waals surface area contributed by atoms with E-state index in [1.807, 2.05) is 0 Å². The lowest BCUT2D eigenvalue weighted by Crippen LogP contribution is -2.26. The van der Waals surface area contributed by atoms with Gasteiger partial charge in [0.15, 0.2) is 5.69 Å². The third-order valence-corrected chi connectivity index (χ3v) is 4.36. The number of aromatic nitrogens is 2. The van der Waals surface area contributed by atoms with Gasteiger partial charge in [-0.25, -0.2) is 9.48 Å². The summed E-state index contributed by atoms with van der Waals surface area (Å²) in [5, 5.41) is 16.2. The summed E-state index contributed by atoms with van der Waals surface area (Å²) in [6.45, 7) is 3.92. The van der Waals surface area contributed by atoms with Crippen LogP contribution in [-0.2, 0) is 0 Å². The fourth-order valence-electron chi connectivity index (χ4n) is 1.92. The fourth-order valence-corrected chi connectivity index (χ4v) is 2.67. The van der Waals surface area contributed by atoms with Crippen molar-refractivity contribution in [3.63, 3.8) is 0 Å². The van der Waals surface area contributed by atoms with Gasteiger partial charge in [0.2, 0.25) is 0 Å². The minimum atomic E-state index is -1.22. The maximum Gasteiger partial charge on any atom is 0.357 e. The van der Waals surface area contributed by atoms with E-state index in [9.17, 15) is 14.7 Å². The van der Waals surface area contributed by atoms with Crippen LogP contribution < -0.4 is 5.32 Å². The molecule has 1 heterocycles. The number of nitrogens with zero attached hydrogens (tertiary/aromatic N) is 3. The van der Waals surface area contributed by atoms with E-state index in [0.717, 1.165) is 0 Å². The largest absolute Gasteiger partial charge is 0.476 e. The van der Waals surface area contributed by atoms with Crippen LogP contribution in [0, 0.1) is 6.92 Å². The van der Waals surface area contributed by atoms with E-state index < -0.39 is 18.0 Å². The summed E-state index contributed by atoms with van der Waals surface area (Å²) >= 11 is 9.21. The van der Waals surface area contributed by atoms with Gasteiger partial charge in [-0.05, 0) is 49.1 Å². The number of nitrogens with one attached hydrogen (secondary N) is 1. The Morgan fingerprint density at radius 2 is 2.04 bits per heavy atom. The lowest BCUT2D eigenvalue weighted by molar-refractivity contribution is 0.0687. The van der Waals surface area contributed by atoms with E-state index in [0.29, 0.717) is 0 Å². The molecule has 0 aliphatic carbocycles. The summed E-state index contributed by atoms with van der Waals surface area (Å²) in [7, 11) is 3.51. The zero-order valence-corrected chi connectivity index (χ0v) is 15.3. The van der Waals surface area contributed by atoms with E-state index in [-0.39, 0.29) is 26.6 Å². The van der Waals surface area contributed by atoms with E-state index >= 15 is 0 Å². The minimum Gasteiger partial charge on any atom is -0.476 e. The van der Waals surface area contributed by atoms with Crippen LogP contribution in [-0.4, -0.2) is 45.8 Å². The molecule has 2 N–H and O–H groups in total. The number of carboxylic acid groups (broad SMARTS) is 1. The van der Waals surface area contributed by atoms with E-state index in [4.69, 9.17) is 11.6 Å². The van der Waals surface area contributed by atoms with Gasteiger partial charge in [-0.1, -0.05) is 23.7 Å². The summed E-state index contributed by atoms with van der Waals surface area (Å²) in [5.41, 5.74) is 0.0427. The second-order valence-electron chi connectivity index (χ2n) is 5.14. The normalized spacial score (nSPS) is 12.2. The average molecular weight is 415 g/mol. The molecule has 7 nitrogen and oxygen atoms in total. The number of halogens is 2. The molecule has 0 saturated carbocycles. The maximum atomic E-state index is 12.5. The highest BCUT2D eigenvalue weighted by atomic mass is 79.9. The van der Waals surface area contributed by atoms with Crippen LogP contribution in [0.25, 0.3) is 0 Å². The molecule has 1 atom stereocenters. The number of hydrogen-bond donors (Lipinski definition) is 2. The number of benzene rings is 1. The standard InChI is InChI=1S/C15H15BrClN4O3/c1-8(20(2)3)21-13(11(16)12(19-21)15(23)24)18-14(22)9-6-4-5-7-10(9)17/h4-8H,1H2,2-3H3,(H,18,22)(H,23,24). The first-order valence-corrected chi connectivity index (χ1v) is 7.97. The highest BCUT2D eigenvalue weighted by Crippen LogP contribution is 2.30. The Balaban J connectivity index is 2.47. The number of aromatic carboxylic acids is 1. The molecule has 127 valence electrons. The molecule has 2 aromatic rings. The molecule has 0 aliphatic rings. The van der Waals surface area contributed by atoms with Crippen LogP contribution in [0.2, 0.25) is 5.02 Å². The zero-order valence-electron chi connectivity index (χ0n) is 13.0. The second-order valence-corrected chi connectivity index (χ2v) is 6.34. The highest BCUT2D eigenvalue weighted by molar-refractivity contribution is 9.10. The number of anilines is 1. The molecular weight excluding hydrogens is 400 g/mol. The Labute approximate surface area is 152 Å². The lowest BCUT2D eigenvalue weighted by atomic mass is 10.2. The number of carbonyl (C=O) groups is 2. The van der Waals surface area contributed by atoms with Crippen molar-refractivity contribution in [2.24, 2.45) is 0 Å². The van der Waals surface area contributed by atoms with Crippen molar-refractivity contribution in [1.29, 1.82) is 0 Å². The Hall–Kier alpha value is -1.90. The molecule has 1 amide bonds. The van der Waals surface area contributed by atoms with Gasteiger partial charge in [0.1, 0.15) is 12.0 Å². The van der Waals surface area contributed by atoms with Gasteiger partial charge < -0.3 is 10.4 Å². The summed E-state index contributed by atoms with van der Waals surface area (Å²) < 4.78 is 1.48. The van der Waals surface area contributed by atoms with Crippen molar-refractivity contribution in [1.82, 2.24) is 14.7 Å². The molecule has 0 bridgehead atoms. The van der Waals surface area contributed by atoms with Crippen LogP contribution in [0.1, 0.15) is 27.0 Å². The third kappa shape index (κ3) is 3.61. The first-order valence-electron chi connectivity index (χ1n) is 6.80. The first-order chi connectivity index (χ1) is 11.2. The average Bonchev–Trinajstić information content (AvgIpc) is 2.84. The zero-order chi connectivity index (χ0) is 18.0. The Kier molecular flexibility index (Phi) is 5.63. The van der Waals surface area contributed by atoms with Gasteiger partial charge in [-0.2, -0.15) is 5.10 Å². The van der Waals surface area contributed by atoms with Gasteiger partial charge in [0.05, 0.1) is 15.1 Å². The van der Waals surface area contributed by atoms with Gasteiger partial charge in [0, 0.05) is 0 Å². The van der Waals surface area contributed by atoms with Crippen molar-refractivity contribution in [3.8, 4) is 0 Å². The number of amides is 1. The molecule has 24 heavy (non-hydrogen) atoms. The smallest absolute Gasteiger partial charge is 0.357 e. The molecule has 1 aromatic carbocycles. The van der Waals surface area contributed by atoms with Crippen molar-refractivity contribution < 1.29 is 14.7 Å². The van der Waals surface area contributed by atoms with E-state index in [1.165, 1.54) is 4.68 Å². The van der Waals surface area contributed by atoms with Crippen LogP contribution >= 0.6 is 27.5 Å². The van der Waals surface area contributed by atoms with Gasteiger partial charge in [0.25, 0.3) is 5.91 Å². The summed E-state index contributed by atoms with van der Waals surface area (Å²) in [5.74, 6) is -1.52. The molecule has 1 unspecified atom stereocenters. The van der Waals surface area contributed by atoms with E-state index in [2.05, 4.69) is 33.3 Å². The molecule has 0 spiro atoms. The summed E-state index contributed by atoms with van der Waals surface area (Å²) in [6.07, 6.45) is -0.532. The van der Waals surface area contributed by atoms with Crippen molar-refractivity contribution in [3.05, 3.63) is 51.9 Å². The minimum absolute atomic E-state index is 0.158. The van der Waals surface area contributed by atoms with Crippen molar-refractivity contribution >= 4 is 45.2 Å². The molecule has 2 rings (SSSR count). The predicted octanol–water partition coefficient (Wildman–Crippen LogP) is 3.14. The number of carbonyl (C=O) groups excluding carboxylic acids is 1. The van der Waals surface area contributed by atoms with Gasteiger partial charge >= 0.3 is 5.97 Å². The molecule has 1 aromatic heterocycles. The third-order valence-electron chi connectivity index (χ3n) is 3.28. The second kappa shape index (κ2) is 7.33. The van der Waals surface area contributed by atoms with Crippen LogP contribution in [0.5, 0.6) is 0 Å². The number of hydrogen-bond acceptors (Lipinski definition) is 4. The van der Waals surface area contributed by atoms with Gasteiger partial charge in [-0.15, -0.1) is 0 Å². The Morgan fingerprint density at radius 1 is 1.42 bits per heavy atom. The quantitative estimate of drug-likeness (QED) is 0.785. The van der Waals surface area contributed by atoms with Crippen molar-refractivity contribution in [2.45, 2.75) is 6.17 Å². The van der Waals surface area contributed by atoms with Crippen LogP contribution in [0.15, 0.2) is 28.7 Å².